The van der Waals surface area contributed by atoms with E-state index in [0.29, 0.717) is 17.5 Å². The third-order valence-electron chi connectivity index (χ3n) is 2.29. The number of hydrogen-bond donors (Lipinski definition) is 1. The summed E-state index contributed by atoms with van der Waals surface area (Å²) in [5.74, 6) is 0.415. The molecule has 2 nitrogen and oxygen atoms in total. The summed E-state index contributed by atoms with van der Waals surface area (Å²) in [4.78, 5) is 0. The molecule has 0 unspecified atom stereocenters. The van der Waals surface area contributed by atoms with E-state index in [1.165, 1.54) is 6.07 Å². The Kier molecular flexibility index (Phi) is 6.16. The van der Waals surface area contributed by atoms with Crippen LogP contribution in [0.15, 0.2) is 29.8 Å². The summed E-state index contributed by atoms with van der Waals surface area (Å²) in [6, 6.07) is 4.88. The van der Waals surface area contributed by atoms with E-state index in [1.807, 2.05) is 6.07 Å². The summed E-state index contributed by atoms with van der Waals surface area (Å²) >= 11 is 5.62. The van der Waals surface area contributed by atoms with Crippen molar-refractivity contribution in [2.24, 2.45) is 5.92 Å². The van der Waals surface area contributed by atoms with Gasteiger partial charge in [0.05, 0.1) is 0 Å². The van der Waals surface area contributed by atoms with Crippen LogP contribution >= 0.6 is 11.6 Å². The topological polar surface area (TPSA) is 21.3 Å². The lowest BCUT2D eigenvalue weighted by molar-refractivity contribution is 0.333. The predicted molar refractivity (Wildman–Crippen MR) is 73.4 cm³/mol. The van der Waals surface area contributed by atoms with Crippen LogP contribution in [-0.4, -0.2) is 13.2 Å². The van der Waals surface area contributed by atoms with Gasteiger partial charge in [-0.2, -0.15) is 0 Å². The first-order valence-electron chi connectivity index (χ1n) is 5.95. The summed E-state index contributed by atoms with van der Waals surface area (Å²) < 4.78 is 19.0. The standard InChI is InChI=1S/C14H19ClFNO/c1-10(2)7-17-8-12-5-4-6-13(16)14(12)18-9-11(3)15/h4-6,10,17H,3,7-9H2,1-2H3. The van der Waals surface area contributed by atoms with Gasteiger partial charge in [-0.15, -0.1) is 0 Å². The second-order valence-corrected chi connectivity index (χ2v) is 5.09. The van der Waals surface area contributed by atoms with E-state index >= 15 is 0 Å². The van der Waals surface area contributed by atoms with Gasteiger partial charge in [0.1, 0.15) is 6.61 Å². The number of para-hydroxylation sites is 1. The molecule has 0 radical (unpaired) electrons. The number of rotatable bonds is 7. The third kappa shape index (κ3) is 5.07. The van der Waals surface area contributed by atoms with Crippen molar-refractivity contribution < 1.29 is 9.13 Å². The molecule has 0 aromatic heterocycles. The Balaban J connectivity index is 2.70. The smallest absolute Gasteiger partial charge is 0.165 e. The van der Waals surface area contributed by atoms with Gasteiger partial charge in [-0.1, -0.05) is 44.2 Å². The molecule has 0 bridgehead atoms. The van der Waals surface area contributed by atoms with Crippen LogP contribution in [0.2, 0.25) is 0 Å². The molecule has 1 aromatic rings. The van der Waals surface area contributed by atoms with Crippen LogP contribution in [0.3, 0.4) is 0 Å². The average Bonchev–Trinajstić information content (AvgIpc) is 2.27. The van der Waals surface area contributed by atoms with Crippen LogP contribution < -0.4 is 10.1 Å². The Labute approximate surface area is 113 Å². The first kappa shape index (κ1) is 15.0. The van der Waals surface area contributed by atoms with Crippen LogP contribution in [0.5, 0.6) is 5.75 Å². The predicted octanol–water partition coefficient (Wildman–Crippen LogP) is 3.70. The van der Waals surface area contributed by atoms with Gasteiger partial charge in [0.2, 0.25) is 0 Å². The van der Waals surface area contributed by atoms with E-state index in [0.717, 1.165) is 12.1 Å². The Morgan fingerprint density at radius 2 is 2.22 bits per heavy atom. The van der Waals surface area contributed by atoms with Crippen molar-refractivity contribution in [3.8, 4) is 5.75 Å². The molecular weight excluding hydrogens is 253 g/mol. The third-order valence-corrected chi connectivity index (χ3v) is 2.40. The fraction of sp³-hybridized carbons (Fsp3) is 0.429. The summed E-state index contributed by atoms with van der Waals surface area (Å²) in [5, 5.41) is 3.60. The van der Waals surface area contributed by atoms with E-state index in [2.05, 4.69) is 25.7 Å². The van der Waals surface area contributed by atoms with E-state index in [1.54, 1.807) is 6.07 Å². The zero-order valence-corrected chi connectivity index (χ0v) is 11.6. The number of ether oxygens (including phenoxy) is 1. The maximum Gasteiger partial charge on any atom is 0.165 e. The SMILES string of the molecule is C=C(Cl)COc1c(F)cccc1CNCC(C)C. The molecule has 1 rings (SSSR count). The number of benzene rings is 1. The van der Waals surface area contributed by atoms with Crippen molar-refractivity contribution in [2.75, 3.05) is 13.2 Å². The van der Waals surface area contributed by atoms with Gasteiger partial charge < -0.3 is 10.1 Å². The summed E-state index contributed by atoms with van der Waals surface area (Å²) in [6.07, 6.45) is 0. The molecule has 0 aliphatic carbocycles. The minimum absolute atomic E-state index is 0.111. The van der Waals surface area contributed by atoms with Gasteiger partial charge in [0, 0.05) is 17.1 Å². The molecule has 0 spiro atoms. The highest BCUT2D eigenvalue weighted by atomic mass is 35.5. The molecule has 0 aliphatic rings. The van der Waals surface area contributed by atoms with Crippen molar-refractivity contribution in [2.45, 2.75) is 20.4 Å². The largest absolute Gasteiger partial charge is 0.485 e. The van der Waals surface area contributed by atoms with E-state index in [-0.39, 0.29) is 18.2 Å². The first-order chi connectivity index (χ1) is 8.50. The molecule has 4 heteroatoms. The van der Waals surface area contributed by atoms with Gasteiger partial charge in [-0.3, -0.25) is 0 Å². The van der Waals surface area contributed by atoms with Gasteiger partial charge >= 0.3 is 0 Å². The minimum atomic E-state index is -0.378. The normalized spacial score (nSPS) is 10.7. The second-order valence-electron chi connectivity index (χ2n) is 4.56. The van der Waals surface area contributed by atoms with Gasteiger partial charge in [-0.05, 0) is 18.5 Å². The minimum Gasteiger partial charge on any atom is -0.485 e. The number of hydrogen-bond acceptors (Lipinski definition) is 2. The molecule has 1 aromatic carbocycles. The lowest BCUT2D eigenvalue weighted by Crippen LogP contribution is -2.19. The molecular formula is C14H19ClFNO. The van der Waals surface area contributed by atoms with E-state index < -0.39 is 0 Å². The monoisotopic (exact) mass is 271 g/mol. The zero-order chi connectivity index (χ0) is 13.5. The van der Waals surface area contributed by atoms with Crippen LogP contribution in [0.25, 0.3) is 0 Å². The van der Waals surface area contributed by atoms with E-state index in [4.69, 9.17) is 16.3 Å². The lowest BCUT2D eigenvalue weighted by atomic mass is 10.1. The molecule has 0 aliphatic heterocycles. The lowest BCUT2D eigenvalue weighted by Gasteiger charge is -2.13. The molecule has 0 saturated heterocycles. The van der Waals surface area contributed by atoms with Gasteiger partial charge in [0.25, 0.3) is 0 Å². The van der Waals surface area contributed by atoms with Crippen LogP contribution in [0.1, 0.15) is 19.4 Å². The van der Waals surface area contributed by atoms with Crippen LogP contribution in [-0.2, 0) is 6.54 Å². The maximum absolute atomic E-state index is 13.7. The molecule has 0 fully saturated rings. The fourth-order valence-corrected chi connectivity index (χ4v) is 1.55. The van der Waals surface area contributed by atoms with E-state index in [9.17, 15) is 4.39 Å². The Morgan fingerprint density at radius 3 is 2.83 bits per heavy atom. The van der Waals surface area contributed by atoms with Crippen molar-refractivity contribution in [1.82, 2.24) is 5.32 Å². The number of nitrogens with one attached hydrogen (secondary N) is 1. The summed E-state index contributed by atoms with van der Waals surface area (Å²) in [5.41, 5.74) is 0.786. The fourth-order valence-electron chi connectivity index (χ4n) is 1.50. The summed E-state index contributed by atoms with van der Waals surface area (Å²) in [6.45, 7) is 9.31. The Hall–Kier alpha value is -1.06. The van der Waals surface area contributed by atoms with Crippen molar-refractivity contribution in [3.63, 3.8) is 0 Å². The molecule has 1 N–H and O–H groups in total. The second kappa shape index (κ2) is 7.39. The summed E-state index contributed by atoms with van der Waals surface area (Å²) in [7, 11) is 0. The highest BCUT2D eigenvalue weighted by Gasteiger charge is 2.10. The molecule has 0 heterocycles. The zero-order valence-electron chi connectivity index (χ0n) is 10.8. The van der Waals surface area contributed by atoms with Crippen LogP contribution in [0.4, 0.5) is 4.39 Å². The average molecular weight is 272 g/mol. The van der Waals surface area contributed by atoms with Crippen molar-refractivity contribution in [1.29, 1.82) is 0 Å². The molecule has 0 saturated carbocycles. The molecule has 100 valence electrons. The molecule has 0 amide bonds. The molecule has 18 heavy (non-hydrogen) atoms. The maximum atomic E-state index is 13.7. The van der Waals surface area contributed by atoms with Crippen molar-refractivity contribution >= 4 is 11.6 Å². The van der Waals surface area contributed by atoms with Crippen molar-refractivity contribution in [3.05, 3.63) is 41.2 Å². The van der Waals surface area contributed by atoms with Crippen LogP contribution in [0, 0.1) is 11.7 Å². The highest BCUT2D eigenvalue weighted by molar-refractivity contribution is 6.29. The Morgan fingerprint density at radius 1 is 1.50 bits per heavy atom. The highest BCUT2D eigenvalue weighted by Crippen LogP contribution is 2.23. The quantitative estimate of drug-likeness (QED) is 0.816. The molecule has 0 atom stereocenters. The van der Waals surface area contributed by atoms with Gasteiger partial charge in [-0.25, -0.2) is 4.39 Å². The Bertz CT molecular complexity index is 407. The first-order valence-corrected chi connectivity index (χ1v) is 6.32. The van der Waals surface area contributed by atoms with Gasteiger partial charge in [0.15, 0.2) is 11.6 Å². The number of halogens is 2.